The number of benzene rings is 2. The summed E-state index contributed by atoms with van der Waals surface area (Å²) in [5, 5.41) is 11.9. The topological polar surface area (TPSA) is 58.1 Å². The second-order valence-electron chi connectivity index (χ2n) is 8.01. The number of hydrogen-bond donors (Lipinski definition) is 2. The van der Waals surface area contributed by atoms with E-state index in [1.54, 1.807) is 18.2 Å². The molecule has 0 fully saturated rings. The van der Waals surface area contributed by atoms with Gasteiger partial charge in [-0.05, 0) is 60.9 Å². The number of nitrogens with one attached hydrogen (secondary N) is 1. The molecule has 0 aliphatic heterocycles. The number of aliphatic hydroxyl groups is 1. The van der Waals surface area contributed by atoms with Crippen molar-refractivity contribution in [2.24, 2.45) is 0 Å². The monoisotopic (exact) mass is 474 g/mol. The summed E-state index contributed by atoms with van der Waals surface area (Å²) >= 11 is 6.75. The predicted molar refractivity (Wildman–Crippen MR) is 122 cm³/mol. The third-order valence-corrected chi connectivity index (χ3v) is 6.07. The van der Waals surface area contributed by atoms with E-state index in [-0.39, 0.29) is 6.42 Å². The molecule has 0 spiro atoms. The summed E-state index contributed by atoms with van der Waals surface area (Å²) in [7, 11) is 1.47. The third-order valence-electron chi connectivity index (χ3n) is 5.64. The van der Waals surface area contributed by atoms with Crippen LogP contribution >= 0.6 is 11.6 Å². The number of ether oxygens (including phenoxy) is 1. The Hall–Kier alpha value is -3.03. The Labute approximate surface area is 194 Å². The van der Waals surface area contributed by atoms with Gasteiger partial charge in [0.15, 0.2) is 0 Å². The molecule has 8 heteroatoms. The van der Waals surface area contributed by atoms with Crippen LogP contribution in [0.25, 0.3) is 10.9 Å². The van der Waals surface area contributed by atoms with E-state index in [4.69, 9.17) is 16.3 Å². The number of H-pyrrole nitrogens is 1. The summed E-state index contributed by atoms with van der Waals surface area (Å²) < 4.78 is 44.1. The van der Waals surface area contributed by atoms with E-state index in [0.29, 0.717) is 44.2 Å². The standard InChI is InChI=1S/C25H22ClF3N2O2/c1-13-10-14(2)30-22(13)23(32)16-6-9-20-18(12-16)21(26)19(24(31-20)33-3)11-15-4-7-17(8-5-15)25(27,28)29/h4-10,12,23,30,32H,11H2,1-3H3. The molecule has 33 heavy (non-hydrogen) atoms. The number of halogens is 4. The van der Waals surface area contributed by atoms with E-state index in [1.165, 1.54) is 19.2 Å². The van der Waals surface area contributed by atoms with Crippen LogP contribution in [0.15, 0.2) is 48.5 Å². The first-order chi connectivity index (χ1) is 15.6. The SMILES string of the molecule is COc1nc2ccc(C(O)c3[nH]c(C)cc3C)cc2c(Cl)c1Cc1ccc(C(F)(F)F)cc1. The summed E-state index contributed by atoms with van der Waals surface area (Å²) in [6.07, 6.45) is -5.03. The fourth-order valence-corrected chi connectivity index (χ4v) is 4.27. The fourth-order valence-electron chi connectivity index (χ4n) is 3.97. The van der Waals surface area contributed by atoms with Gasteiger partial charge in [-0.3, -0.25) is 0 Å². The molecule has 4 nitrogen and oxygen atoms in total. The summed E-state index contributed by atoms with van der Waals surface area (Å²) in [5.41, 5.74) is 4.31. The zero-order valence-corrected chi connectivity index (χ0v) is 19.0. The number of alkyl halides is 3. The van der Waals surface area contributed by atoms with Crippen molar-refractivity contribution < 1.29 is 23.0 Å². The van der Waals surface area contributed by atoms with Crippen molar-refractivity contribution in [3.63, 3.8) is 0 Å². The lowest BCUT2D eigenvalue weighted by Gasteiger charge is -2.16. The second kappa shape index (κ2) is 8.72. The van der Waals surface area contributed by atoms with Gasteiger partial charge in [0.1, 0.15) is 6.10 Å². The van der Waals surface area contributed by atoms with Gasteiger partial charge in [0.2, 0.25) is 5.88 Å². The fraction of sp³-hybridized carbons (Fsp3) is 0.240. The maximum Gasteiger partial charge on any atom is 0.416 e. The average Bonchev–Trinajstić information content (AvgIpc) is 3.12. The molecular weight excluding hydrogens is 453 g/mol. The van der Waals surface area contributed by atoms with Crippen molar-refractivity contribution in [2.45, 2.75) is 32.5 Å². The number of aromatic amines is 1. The van der Waals surface area contributed by atoms with Gasteiger partial charge >= 0.3 is 6.18 Å². The second-order valence-corrected chi connectivity index (χ2v) is 8.39. The van der Waals surface area contributed by atoms with Gasteiger partial charge in [-0.15, -0.1) is 0 Å². The van der Waals surface area contributed by atoms with Gasteiger partial charge in [-0.1, -0.05) is 29.8 Å². The molecule has 0 bridgehead atoms. The summed E-state index contributed by atoms with van der Waals surface area (Å²) in [5.74, 6) is 0.302. The van der Waals surface area contributed by atoms with Crippen LogP contribution in [0.5, 0.6) is 5.88 Å². The van der Waals surface area contributed by atoms with Crippen molar-refractivity contribution in [1.29, 1.82) is 0 Å². The van der Waals surface area contributed by atoms with Crippen LogP contribution in [0.4, 0.5) is 13.2 Å². The van der Waals surface area contributed by atoms with E-state index in [0.717, 1.165) is 23.4 Å². The molecule has 2 aromatic heterocycles. The van der Waals surface area contributed by atoms with E-state index in [1.807, 2.05) is 19.9 Å². The van der Waals surface area contributed by atoms with Gasteiger partial charge in [0.05, 0.1) is 28.9 Å². The van der Waals surface area contributed by atoms with Crippen molar-refractivity contribution in [2.75, 3.05) is 7.11 Å². The molecule has 0 radical (unpaired) electrons. The van der Waals surface area contributed by atoms with Crippen molar-refractivity contribution in [3.05, 3.63) is 92.8 Å². The summed E-state index contributed by atoms with van der Waals surface area (Å²) in [6.45, 7) is 3.84. The molecule has 2 heterocycles. The predicted octanol–water partition coefficient (Wildman–Crippen LogP) is 6.53. The summed E-state index contributed by atoms with van der Waals surface area (Å²) in [4.78, 5) is 7.71. The average molecular weight is 475 g/mol. The number of aliphatic hydroxyl groups excluding tert-OH is 1. The van der Waals surface area contributed by atoms with Crippen LogP contribution in [0.2, 0.25) is 5.02 Å². The maximum absolute atomic E-state index is 12.9. The lowest BCUT2D eigenvalue weighted by Crippen LogP contribution is -2.05. The van der Waals surface area contributed by atoms with Crippen LogP contribution in [-0.4, -0.2) is 22.2 Å². The highest BCUT2D eigenvalue weighted by atomic mass is 35.5. The molecule has 0 saturated heterocycles. The van der Waals surface area contributed by atoms with Gasteiger partial charge in [-0.2, -0.15) is 13.2 Å². The number of rotatable bonds is 5. The normalized spacial score (nSPS) is 12.8. The van der Waals surface area contributed by atoms with Gasteiger partial charge in [-0.25, -0.2) is 4.98 Å². The number of aromatic nitrogens is 2. The van der Waals surface area contributed by atoms with Crippen LogP contribution < -0.4 is 4.74 Å². The Morgan fingerprint density at radius 3 is 2.36 bits per heavy atom. The first kappa shape index (κ1) is 23.1. The highest BCUT2D eigenvalue weighted by Gasteiger charge is 2.30. The Morgan fingerprint density at radius 2 is 1.79 bits per heavy atom. The molecule has 0 aliphatic rings. The number of fused-ring (bicyclic) bond motifs is 1. The van der Waals surface area contributed by atoms with E-state index < -0.39 is 17.8 Å². The van der Waals surface area contributed by atoms with Crippen molar-refractivity contribution in [1.82, 2.24) is 9.97 Å². The Morgan fingerprint density at radius 1 is 1.09 bits per heavy atom. The number of hydrogen-bond acceptors (Lipinski definition) is 3. The number of pyridine rings is 1. The lowest BCUT2D eigenvalue weighted by atomic mass is 9.99. The quantitative estimate of drug-likeness (QED) is 0.345. The molecule has 1 atom stereocenters. The molecule has 0 amide bonds. The minimum atomic E-state index is -4.40. The van der Waals surface area contributed by atoms with Crippen molar-refractivity contribution >= 4 is 22.5 Å². The molecule has 0 aliphatic carbocycles. The molecule has 0 saturated carbocycles. The largest absolute Gasteiger partial charge is 0.481 e. The molecule has 172 valence electrons. The molecule has 2 N–H and O–H groups in total. The number of aryl methyl sites for hydroxylation is 2. The molecule has 1 unspecified atom stereocenters. The molecule has 4 aromatic rings. The van der Waals surface area contributed by atoms with Crippen LogP contribution in [0.1, 0.15) is 45.3 Å². The zero-order valence-electron chi connectivity index (χ0n) is 18.2. The van der Waals surface area contributed by atoms with Gasteiger partial charge in [0, 0.05) is 23.1 Å². The smallest absolute Gasteiger partial charge is 0.416 e. The zero-order chi connectivity index (χ0) is 23.9. The maximum atomic E-state index is 12.9. The van der Waals surface area contributed by atoms with Gasteiger partial charge in [0.25, 0.3) is 0 Å². The highest BCUT2D eigenvalue weighted by molar-refractivity contribution is 6.36. The molecule has 2 aromatic carbocycles. The number of methoxy groups -OCH3 is 1. The number of nitrogens with zero attached hydrogens (tertiary/aromatic N) is 1. The minimum Gasteiger partial charge on any atom is -0.481 e. The van der Waals surface area contributed by atoms with Crippen LogP contribution in [-0.2, 0) is 12.6 Å². The van der Waals surface area contributed by atoms with Crippen LogP contribution in [0.3, 0.4) is 0 Å². The van der Waals surface area contributed by atoms with Gasteiger partial charge < -0.3 is 14.8 Å². The van der Waals surface area contributed by atoms with Crippen molar-refractivity contribution in [3.8, 4) is 5.88 Å². The highest BCUT2D eigenvalue weighted by Crippen LogP contribution is 2.37. The summed E-state index contributed by atoms with van der Waals surface area (Å²) in [6, 6.07) is 12.2. The third kappa shape index (κ3) is 4.56. The Balaban J connectivity index is 1.75. The first-order valence-corrected chi connectivity index (χ1v) is 10.6. The van der Waals surface area contributed by atoms with Crippen LogP contribution in [0, 0.1) is 13.8 Å². The minimum absolute atomic E-state index is 0.241. The van der Waals surface area contributed by atoms with E-state index in [2.05, 4.69) is 9.97 Å². The molecule has 4 rings (SSSR count). The van der Waals surface area contributed by atoms with E-state index >= 15 is 0 Å². The Kier molecular flexibility index (Phi) is 6.12. The lowest BCUT2D eigenvalue weighted by molar-refractivity contribution is -0.137. The first-order valence-electron chi connectivity index (χ1n) is 10.2. The van der Waals surface area contributed by atoms with E-state index in [9.17, 15) is 18.3 Å². The molecular formula is C25H22ClF3N2O2. The Bertz CT molecular complexity index is 1310.